The van der Waals surface area contributed by atoms with Crippen molar-refractivity contribution >= 4 is 7.82 Å². The zero-order valence-corrected chi connectivity index (χ0v) is 14.6. The van der Waals surface area contributed by atoms with Crippen LogP contribution in [-0.2, 0) is 4.57 Å². The summed E-state index contributed by atoms with van der Waals surface area (Å²) in [5, 5.41) is 19.3. The smallest absolute Gasteiger partial charge is 0.314 e. The van der Waals surface area contributed by atoms with Gasteiger partial charge in [-0.3, -0.25) is 0 Å². The van der Waals surface area contributed by atoms with Crippen molar-refractivity contribution < 1.29 is 19.2 Å². The van der Waals surface area contributed by atoms with Crippen LogP contribution < -0.4 is 31.9 Å². The second kappa shape index (κ2) is 16.7. The summed E-state index contributed by atoms with van der Waals surface area (Å²) < 4.78 is 8.88. The Bertz CT molecular complexity index is 211. The van der Waals surface area contributed by atoms with Gasteiger partial charge in [-0.05, 0) is 0 Å². The van der Waals surface area contributed by atoms with Gasteiger partial charge in [0.1, 0.15) is 0 Å². The van der Waals surface area contributed by atoms with Crippen molar-refractivity contribution in [3.8, 4) is 0 Å². The molecule has 3 rings (SSSR count). The van der Waals surface area contributed by atoms with Gasteiger partial charge in [0.2, 0.25) is 0 Å². The Kier molecular flexibility index (Phi) is 16.6. The maximum absolute atomic E-state index is 8.88. The molecule has 3 heterocycles. The molecule has 0 spiro atoms. The molecule has 10 nitrogen and oxygen atoms in total. The van der Waals surface area contributed by atoms with E-state index in [4.69, 9.17) is 19.2 Å². The molecule has 140 valence electrons. The Morgan fingerprint density at radius 1 is 0.435 bits per heavy atom. The van der Waals surface area contributed by atoms with Crippen LogP contribution in [0.4, 0.5) is 0 Å². The van der Waals surface area contributed by atoms with E-state index in [2.05, 4.69) is 31.9 Å². The molecule has 0 aliphatic carbocycles. The van der Waals surface area contributed by atoms with Gasteiger partial charge in [0.15, 0.2) is 0 Å². The summed E-state index contributed by atoms with van der Waals surface area (Å²) in [7, 11) is -4.64. The predicted molar refractivity (Wildman–Crippen MR) is 91.5 cm³/mol. The standard InChI is InChI=1S/3C4H10N2.H3O4P/c3*1-2-6-4-3-5-1;1-5(2,3)4/h3*5-6H,1-4H2;(H3,1,2,3,4). The monoisotopic (exact) mass is 356 g/mol. The van der Waals surface area contributed by atoms with Crippen LogP contribution in [0.15, 0.2) is 0 Å². The molecule has 0 aromatic rings. The molecule has 11 heteroatoms. The van der Waals surface area contributed by atoms with E-state index in [1.165, 1.54) is 0 Å². The summed E-state index contributed by atoms with van der Waals surface area (Å²) in [6.07, 6.45) is 0. The Morgan fingerprint density at radius 2 is 0.522 bits per heavy atom. The summed E-state index contributed by atoms with van der Waals surface area (Å²) in [5.41, 5.74) is 0. The fourth-order valence-electron chi connectivity index (χ4n) is 1.81. The molecule has 3 fully saturated rings. The van der Waals surface area contributed by atoms with Gasteiger partial charge in [-0.1, -0.05) is 0 Å². The van der Waals surface area contributed by atoms with Crippen LogP contribution >= 0.6 is 7.82 Å². The van der Waals surface area contributed by atoms with Crippen LogP contribution in [-0.4, -0.2) is 93.2 Å². The van der Waals surface area contributed by atoms with Crippen molar-refractivity contribution in [2.75, 3.05) is 78.5 Å². The van der Waals surface area contributed by atoms with Crippen LogP contribution in [0.2, 0.25) is 0 Å². The highest BCUT2D eigenvalue weighted by atomic mass is 31.2. The van der Waals surface area contributed by atoms with E-state index in [9.17, 15) is 0 Å². The third-order valence-corrected chi connectivity index (χ3v) is 2.87. The summed E-state index contributed by atoms with van der Waals surface area (Å²) in [5.74, 6) is 0. The van der Waals surface area contributed by atoms with E-state index in [1.54, 1.807) is 0 Å². The number of hydrogen-bond donors (Lipinski definition) is 9. The average Bonchev–Trinajstić information content (AvgIpc) is 2.59. The fraction of sp³-hybridized carbons (Fsp3) is 1.00. The summed E-state index contributed by atoms with van der Waals surface area (Å²) in [4.78, 5) is 21.6. The van der Waals surface area contributed by atoms with Gasteiger partial charge in [0.05, 0.1) is 0 Å². The molecule has 23 heavy (non-hydrogen) atoms. The Hall–Kier alpha value is -0.130. The average molecular weight is 356 g/mol. The Labute approximate surface area is 138 Å². The van der Waals surface area contributed by atoms with Gasteiger partial charge in [-0.2, -0.15) is 0 Å². The highest BCUT2D eigenvalue weighted by Crippen LogP contribution is 2.25. The van der Waals surface area contributed by atoms with Gasteiger partial charge in [-0.15, -0.1) is 0 Å². The Morgan fingerprint density at radius 3 is 0.565 bits per heavy atom. The number of piperazine rings is 3. The number of nitrogens with one attached hydrogen (secondary N) is 6. The number of hydrogen-bond acceptors (Lipinski definition) is 7. The molecule has 0 bridgehead atoms. The quantitative estimate of drug-likeness (QED) is 0.201. The SMILES string of the molecule is C1CNCCN1.C1CNCCN1.C1CNCCN1.O=P(O)(O)O. The highest BCUT2D eigenvalue weighted by Gasteiger charge is 2.00. The molecule has 0 unspecified atom stereocenters. The van der Waals surface area contributed by atoms with Crippen LogP contribution in [0.1, 0.15) is 0 Å². The van der Waals surface area contributed by atoms with Gasteiger partial charge >= 0.3 is 7.82 Å². The van der Waals surface area contributed by atoms with Crippen molar-refractivity contribution in [3.63, 3.8) is 0 Å². The first-order valence-electron chi connectivity index (χ1n) is 8.03. The summed E-state index contributed by atoms with van der Waals surface area (Å²) >= 11 is 0. The molecule has 0 atom stereocenters. The molecule has 0 saturated carbocycles. The molecular formula is C12H33N6O4P. The lowest BCUT2D eigenvalue weighted by atomic mass is 10.4. The van der Waals surface area contributed by atoms with Crippen molar-refractivity contribution in [2.45, 2.75) is 0 Å². The zero-order valence-electron chi connectivity index (χ0n) is 13.7. The second-order valence-electron chi connectivity index (χ2n) is 5.01. The predicted octanol–water partition coefficient (Wildman–Crippen LogP) is -3.39. The third kappa shape index (κ3) is 27.0. The first kappa shape index (κ1) is 22.9. The topological polar surface area (TPSA) is 150 Å². The van der Waals surface area contributed by atoms with Crippen LogP contribution in [0, 0.1) is 0 Å². The third-order valence-electron chi connectivity index (χ3n) is 2.87. The molecule has 0 amide bonds. The largest absolute Gasteiger partial charge is 0.466 e. The van der Waals surface area contributed by atoms with E-state index < -0.39 is 7.82 Å². The van der Waals surface area contributed by atoms with Crippen LogP contribution in [0.5, 0.6) is 0 Å². The minimum absolute atomic E-state index is 1.14. The van der Waals surface area contributed by atoms with Gasteiger partial charge in [0, 0.05) is 78.5 Å². The summed E-state index contributed by atoms with van der Waals surface area (Å²) in [6, 6.07) is 0. The van der Waals surface area contributed by atoms with E-state index in [0.717, 1.165) is 78.5 Å². The molecule has 0 aromatic carbocycles. The molecule has 3 aliphatic heterocycles. The van der Waals surface area contributed by atoms with Crippen LogP contribution in [0.3, 0.4) is 0 Å². The van der Waals surface area contributed by atoms with Gasteiger partial charge in [-0.25, -0.2) is 4.57 Å². The zero-order chi connectivity index (χ0) is 17.2. The Balaban J connectivity index is 0.000000282. The van der Waals surface area contributed by atoms with Crippen molar-refractivity contribution in [1.29, 1.82) is 0 Å². The molecule has 3 aliphatic rings. The van der Waals surface area contributed by atoms with E-state index in [1.807, 2.05) is 0 Å². The van der Waals surface area contributed by atoms with E-state index in [0.29, 0.717) is 0 Å². The molecule has 3 saturated heterocycles. The molecule has 0 aromatic heterocycles. The minimum atomic E-state index is -4.64. The lowest BCUT2D eigenvalue weighted by Gasteiger charge is -2.11. The summed E-state index contributed by atoms with van der Waals surface area (Å²) in [6.45, 7) is 13.7. The van der Waals surface area contributed by atoms with Crippen LogP contribution in [0.25, 0.3) is 0 Å². The molecule has 9 N–H and O–H groups in total. The minimum Gasteiger partial charge on any atom is -0.314 e. The second-order valence-corrected chi connectivity index (χ2v) is 6.04. The first-order chi connectivity index (χ1) is 11.0. The maximum Gasteiger partial charge on any atom is 0.466 e. The normalized spacial score (nSPS) is 21.3. The lowest BCUT2D eigenvalue weighted by molar-refractivity contribution is 0.275. The highest BCUT2D eigenvalue weighted by molar-refractivity contribution is 7.45. The first-order valence-corrected chi connectivity index (χ1v) is 9.59. The van der Waals surface area contributed by atoms with E-state index >= 15 is 0 Å². The van der Waals surface area contributed by atoms with Crippen molar-refractivity contribution in [3.05, 3.63) is 0 Å². The molecule has 0 radical (unpaired) electrons. The van der Waals surface area contributed by atoms with Gasteiger partial charge in [0.25, 0.3) is 0 Å². The lowest BCUT2D eigenvalue weighted by Crippen LogP contribution is -2.39. The number of phosphoric acid groups is 1. The number of rotatable bonds is 0. The van der Waals surface area contributed by atoms with Gasteiger partial charge < -0.3 is 46.6 Å². The fourth-order valence-corrected chi connectivity index (χ4v) is 1.81. The molecular weight excluding hydrogens is 323 g/mol. The van der Waals surface area contributed by atoms with Crippen molar-refractivity contribution in [2.24, 2.45) is 0 Å². The van der Waals surface area contributed by atoms with E-state index in [-0.39, 0.29) is 0 Å². The van der Waals surface area contributed by atoms with Crippen molar-refractivity contribution in [1.82, 2.24) is 31.9 Å². The maximum atomic E-state index is 8.88.